The molecule has 5 heteroatoms. The second-order valence-electron chi connectivity index (χ2n) is 7.78. The van der Waals surface area contributed by atoms with E-state index in [1.54, 1.807) is 6.07 Å². The third kappa shape index (κ3) is 3.44. The van der Waals surface area contributed by atoms with Crippen molar-refractivity contribution in [2.75, 3.05) is 11.9 Å². The van der Waals surface area contributed by atoms with Crippen LogP contribution in [0.3, 0.4) is 0 Å². The number of nitrogens with one attached hydrogen (secondary N) is 1. The molecular weight excluding hydrogens is 362 g/mol. The fourth-order valence-corrected chi connectivity index (χ4v) is 4.07. The lowest BCUT2D eigenvalue weighted by Gasteiger charge is -2.37. The van der Waals surface area contributed by atoms with Crippen molar-refractivity contribution < 1.29 is 9.59 Å². The van der Waals surface area contributed by atoms with Crippen LogP contribution in [0.5, 0.6) is 0 Å². The van der Waals surface area contributed by atoms with E-state index in [2.05, 4.69) is 34.3 Å². The molecule has 1 fully saturated rings. The van der Waals surface area contributed by atoms with Gasteiger partial charge in [0.2, 0.25) is 5.91 Å². The van der Waals surface area contributed by atoms with Gasteiger partial charge in [0.1, 0.15) is 0 Å². The van der Waals surface area contributed by atoms with E-state index in [1.807, 2.05) is 47.4 Å². The van der Waals surface area contributed by atoms with Crippen LogP contribution in [0.2, 0.25) is 0 Å². The molecule has 1 atom stereocenters. The molecule has 5 nitrogen and oxygen atoms in total. The summed E-state index contributed by atoms with van der Waals surface area (Å²) in [5.74, 6) is 0.160. The van der Waals surface area contributed by atoms with Crippen LogP contribution in [-0.4, -0.2) is 27.8 Å². The molecule has 1 N–H and O–H groups in total. The van der Waals surface area contributed by atoms with Gasteiger partial charge in [-0.2, -0.15) is 0 Å². The number of benzene rings is 2. The lowest BCUT2D eigenvalue weighted by atomic mass is 9.99. The predicted octanol–water partition coefficient (Wildman–Crippen LogP) is 4.08. The third-order valence-corrected chi connectivity index (χ3v) is 5.74. The van der Waals surface area contributed by atoms with E-state index in [-0.39, 0.29) is 23.8 Å². The van der Waals surface area contributed by atoms with Crippen molar-refractivity contribution in [3.05, 3.63) is 89.7 Å². The molecule has 29 heavy (non-hydrogen) atoms. The predicted molar refractivity (Wildman–Crippen MR) is 112 cm³/mol. The van der Waals surface area contributed by atoms with Crippen LogP contribution in [0.1, 0.15) is 40.5 Å². The van der Waals surface area contributed by atoms with E-state index in [0.29, 0.717) is 17.8 Å². The minimum atomic E-state index is -0.128. The van der Waals surface area contributed by atoms with Gasteiger partial charge in [-0.3, -0.25) is 9.59 Å². The fraction of sp³-hybridized carbons (Fsp3) is 0.250. The van der Waals surface area contributed by atoms with E-state index in [1.165, 1.54) is 0 Å². The van der Waals surface area contributed by atoms with E-state index in [9.17, 15) is 9.59 Å². The summed E-state index contributed by atoms with van der Waals surface area (Å²) in [6.45, 7) is 1.41. The highest BCUT2D eigenvalue weighted by molar-refractivity contribution is 5.98. The molecule has 1 saturated carbocycles. The Balaban J connectivity index is 1.46. The SMILES string of the molecule is O=C(Nc1cccc(C(=O)N2CCn3cccc3C2c2ccccc2)c1)C1CC1. The summed E-state index contributed by atoms with van der Waals surface area (Å²) in [7, 11) is 0. The van der Waals surface area contributed by atoms with Crippen LogP contribution in [0.4, 0.5) is 5.69 Å². The summed E-state index contributed by atoms with van der Waals surface area (Å²) in [6, 6.07) is 21.4. The Bertz CT molecular complexity index is 1050. The maximum Gasteiger partial charge on any atom is 0.254 e. The number of hydrogen-bond donors (Lipinski definition) is 1. The molecule has 1 aliphatic carbocycles. The van der Waals surface area contributed by atoms with Crippen molar-refractivity contribution in [1.29, 1.82) is 0 Å². The lowest BCUT2D eigenvalue weighted by molar-refractivity contribution is -0.117. The summed E-state index contributed by atoms with van der Waals surface area (Å²) >= 11 is 0. The lowest BCUT2D eigenvalue weighted by Crippen LogP contribution is -2.42. The van der Waals surface area contributed by atoms with Crippen LogP contribution in [0, 0.1) is 5.92 Å². The first-order valence-electron chi connectivity index (χ1n) is 10.1. The van der Waals surface area contributed by atoms with Crippen LogP contribution in [-0.2, 0) is 11.3 Å². The van der Waals surface area contributed by atoms with Gasteiger partial charge in [-0.1, -0.05) is 36.4 Å². The second-order valence-corrected chi connectivity index (χ2v) is 7.78. The Morgan fingerprint density at radius 2 is 1.72 bits per heavy atom. The molecule has 1 aromatic heterocycles. The van der Waals surface area contributed by atoms with Gasteiger partial charge >= 0.3 is 0 Å². The summed E-state index contributed by atoms with van der Waals surface area (Å²) in [4.78, 5) is 27.5. The highest BCUT2D eigenvalue weighted by Gasteiger charge is 2.33. The zero-order chi connectivity index (χ0) is 19.8. The Morgan fingerprint density at radius 1 is 0.897 bits per heavy atom. The first-order valence-corrected chi connectivity index (χ1v) is 10.1. The maximum atomic E-state index is 13.5. The molecule has 2 heterocycles. The molecule has 0 spiro atoms. The highest BCUT2D eigenvalue weighted by Crippen LogP contribution is 2.34. The Kier molecular flexibility index (Phi) is 4.43. The van der Waals surface area contributed by atoms with Crippen LogP contribution < -0.4 is 5.32 Å². The number of amides is 2. The van der Waals surface area contributed by atoms with E-state index >= 15 is 0 Å². The molecule has 146 valence electrons. The van der Waals surface area contributed by atoms with Gasteiger partial charge in [0.25, 0.3) is 5.91 Å². The largest absolute Gasteiger partial charge is 0.348 e. The van der Waals surface area contributed by atoms with Crippen LogP contribution >= 0.6 is 0 Å². The van der Waals surface area contributed by atoms with Gasteiger partial charge < -0.3 is 14.8 Å². The van der Waals surface area contributed by atoms with Gasteiger partial charge in [-0.25, -0.2) is 0 Å². The van der Waals surface area contributed by atoms with Crippen molar-refractivity contribution in [3.63, 3.8) is 0 Å². The quantitative estimate of drug-likeness (QED) is 0.736. The Hall–Kier alpha value is -3.34. The molecule has 2 aromatic carbocycles. The average molecular weight is 385 g/mol. The first kappa shape index (κ1) is 17.7. The number of nitrogens with zero attached hydrogens (tertiary/aromatic N) is 2. The molecule has 0 radical (unpaired) electrons. The minimum absolute atomic E-state index is 0.0196. The standard InChI is InChI=1S/C24H23N3O2/c28-23(18-11-12-18)25-20-9-4-8-19(16-20)24(29)27-15-14-26-13-5-10-21(26)22(27)17-6-2-1-3-7-17/h1-10,13,16,18,22H,11-12,14-15H2,(H,25,28). The molecule has 2 aliphatic rings. The van der Waals surface area contributed by atoms with Crippen LogP contribution in [0.25, 0.3) is 0 Å². The monoisotopic (exact) mass is 385 g/mol. The second kappa shape index (κ2) is 7.24. The molecule has 0 saturated heterocycles. The van der Waals surface area contributed by atoms with Crippen molar-refractivity contribution in [1.82, 2.24) is 9.47 Å². The molecule has 1 unspecified atom stereocenters. The molecule has 3 aromatic rings. The van der Waals surface area contributed by atoms with Crippen molar-refractivity contribution >= 4 is 17.5 Å². The summed E-state index contributed by atoms with van der Waals surface area (Å²) in [6.07, 6.45) is 3.98. The topological polar surface area (TPSA) is 54.3 Å². The van der Waals surface area contributed by atoms with Gasteiger partial charge in [0, 0.05) is 42.1 Å². The molecule has 2 amide bonds. The molecular formula is C24H23N3O2. The number of anilines is 1. The van der Waals surface area contributed by atoms with E-state index in [4.69, 9.17) is 0 Å². The third-order valence-electron chi connectivity index (χ3n) is 5.74. The number of fused-ring (bicyclic) bond motifs is 1. The Labute approximate surface area is 170 Å². The van der Waals surface area contributed by atoms with Crippen molar-refractivity contribution in [2.24, 2.45) is 5.92 Å². The van der Waals surface area contributed by atoms with Crippen molar-refractivity contribution in [3.8, 4) is 0 Å². The van der Waals surface area contributed by atoms with Gasteiger partial charge in [0.05, 0.1) is 6.04 Å². The minimum Gasteiger partial charge on any atom is -0.348 e. The summed E-state index contributed by atoms with van der Waals surface area (Å²) in [5, 5.41) is 2.94. The van der Waals surface area contributed by atoms with Gasteiger partial charge in [-0.15, -0.1) is 0 Å². The number of aromatic nitrogens is 1. The van der Waals surface area contributed by atoms with Gasteiger partial charge in [-0.05, 0) is 48.7 Å². The first-order chi connectivity index (χ1) is 14.2. The zero-order valence-corrected chi connectivity index (χ0v) is 16.1. The molecule has 5 rings (SSSR count). The number of rotatable bonds is 4. The summed E-state index contributed by atoms with van der Waals surface area (Å²) < 4.78 is 2.22. The summed E-state index contributed by atoms with van der Waals surface area (Å²) in [5.41, 5.74) is 3.50. The zero-order valence-electron chi connectivity index (χ0n) is 16.1. The maximum absolute atomic E-state index is 13.5. The van der Waals surface area contributed by atoms with E-state index < -0.39 is 0 Å². The Morgan fingerprint density at radius 3 is 2.52 bits per heavy atom. The number of carbonyl (C=O) groups excluding carboxylic acids is 2. The normalized spacial score (nSPS) is 18.2. The molecule has 1 aliphatic heterocycles. The van der Waals surface area contributed by atoms with Crippen LogP contribution in [0.15, 0.2) is 72.9 Å². The van der Waals surface area contributed by atoms with Crippen molar-refractivity contribution in [2.45, 2.75) is 25.4 Å². The van der Waals surface area contributed by atoms with E-state index in [0.717, 1.165) is 30.6 Å². The smallest absolute Gasteiger partial charge is 0.254 e. The number of carbonyl (C=O) groups is 2. The molecule has 0 bridgehead atoms. The number of hydrogen-bond acceptors (Lipinski definition) is 2. The fourth-order valence-electron chi connectivity index (χ4n) is 4.07. The van der Waals surface area contributed by atoms with Gasteiger partial charge in [0.15, 0.2) is 0 Å². The highest BCUT2D eigenvalue weighted by atomic mass is 16.2. The average Bonchev–Trinajstić information content (AvgIpc) is 3.51.